The van der Waals surface area contributed by atoms with E-state index in [9.17, 15) is 4.79 Å². The number of phenolic OH excluding ortho intramolecular Hbond substituents is 1. The van der Waals surface area contributed by atoms with Crippen LogP contribution in [0, 0.1) is 0 Å². The van der Waals surface area contributed by atoms with Gasteiger partial charge in [0.1, 0.15) is 5.75 Å². The van der Waals surface area contributed by atoms with Crippen LogP contribution in [0.5, 0.6) is 5.75 Å². The molecular formula is C12H14N2O2. The van der Waals surface area contributed by atoms with Gasteiger partial charge in [-0.3, -0.25) is 10.2 Å². The summed E-state index contributed by atoms with van der Waals surface area (Å²) in [6.45, 7) is 0. The van der Waals surface area contributed by atoms with Gasteiger partial charge in [-0.1, -0.05) is 24.3 Å². The van der Waals surface area contributed by atoms with E-state index in [1.807, 2.05) is 24.3 Å². The van der Waals surface area contributed by atoms with Gasteiger partial charge in [-0.25, -0.2) is 5.43 Å². The molecule has 0 bridgehead atoms. The van der Waals surface area contributed by atoms with Crippen molar-refractivity contribution in [2.24, 2.45) is 0 Å². The normalized spacial score (nSPS) is 21.0. The number of nitrogens with one attached hydrogen (secondary N) is 2. The Kier molecular flexibility index (Phi) is 3.22. The number of amides is 1. The first-order chi connectivity index (χ1) is 7.74. The van der Waals surface area contributed by atoms with Crippen LogP contribution in [0.3, 0.4) is 0 Å². The average molecular weight is 218 g/mol. The quantitative estimate of drug-likeness (QED) is 0.698. The molecule has 1 aliphatic rings. The first-order valence-corrected chi connectivity index (χ1v) is 5.25. The molecule has 1 unspecified atom stereocenters. The number of phenols is 1. The van der Waals surface area contributed by atoms with Crippen molar-refractivity contribution in [3.05, 3.63) is 35.9 Å². The molecule has 0 saturated carbocycles. The van der Waals surface area contributed by atoms with Crippen LogP contribution >= 0.6 is 0 Å². The molecule has 1 saturated heterocycles. The van der Waals surface area contributed by atoms with E-state index in [0.29, 0.717) is 6.42 Å². The minimum Gasteiger partial charge on any atom is -0.508 e. The molecule has 16 heavy (non-hydrogen) atoms. The molecule has 0 radical (unpaired) electrons. The van der Waals surface area contributed by atoms with E-state index in [-0.39, 0.29) is 17.7 Å². The van der Waals surface area contributed by atoms with Crippen LogP contribution in [0.1, 0.15) is 18.4 Å². The second-order valence-electron chi connectivity index (χ2n) is 3.79. The minimum absolute atomic E-state index is 0.0364. The van der Waals surface area contributed by atoms with Crippen LogP contribution in [-0.4, -0.2) is 17.1 Å². The average Bonchev–Trinajstić information content (AvgIpc) is 2.30. The first kappa shape index (κ1) is 10.7. The van der Waals surface area contributed by atoms with Gasteiger partial charge < -0.3 is 5.11 Å². The Morgan fingerprint density at radius 1 is 1.31 bits per heavy atom. The third-order valence-corrected chi connectivity index (χ3v) is 2.49. The highest BCUT2D eigenvalue weighted by Crippen LogP contribution is 2.12. The van der Waals surface area contributed by atoms with E-state index in [4.69, 9.17) is 5.11 Å². The third-order valence-electron chi connectivity index (χ3n) is 2.49. The Morgan fingerprint density at radius 2 is 2.06 bits per heavy atom. The highest BCUT2D eigenvalue weighted by molar-refractivity contribution is 5.76. The summed E-state index contributed by atoms with van der Waals surface area (Å²) in [5.74, 6) is 0.300. The molecule has 4 heteroatoms. The Labute approximate surface area is 94.0 Å². The predicted octanol–water partition coefficient (Wildman–Crippen LogP) is 1.19. The smallest absolute Gasteiger partial charge is 0.234 e. The molecule has 0 aromatic heterocycles. The van der Waals surface area contributed by atoms with Crippen molar-refractivity contribution >= 4 is 12.0 Å². The zero-order valence-corrected chi connectivity index (χ0v) is 8.81. The number of carbonyl (C=O) groups excluding carboxylic acids is 1. The summed E-state index contributed by atoms with van der Waals surface area (Å²) in [6.07, 6.45) is 5.33. The lowest BCUT2D eigenvalue weighted by Crippen LogP contribution is -2.48. The summed E-state index contributed by atoms with van der Waals surface area (Å²) in [5, 5.41) is 9.12. The van der Waals surface area contributed by atoms with Crippen LogP contribution in [0.25, 0.3) is 6.08 Å². The minimum atomic E-state index is 0.0364. The molecule has 4 nitrogen and oxygen atoms in total. The maximum absolute atomic E-state index is 10.9. The molecule has 0 spiro atoms. The lowest BCUT2D eigenvalue weighted by molar-refractivity contribution is -0.123. The molecular weight excluding hydrogens is 204 g/mol. The molecule has 0 aliphatic carbocycles. The van der Waals surface area contributed by atoms with Crippen molar-refractivity contribution in [1.82, 2.24) is 10.9 Å². The summed E-state index contributed by atoms with van der Waals surface area (Å²) in [6, 6.07) is 7.15. The van der Waals surface area contributed by atoms with Crippen molar-refractivity contribution in [1.29, 1.82) is 0 Å². The molecule has 2 rings (SSSR count). The highest BCUT2D eigenvalue weighted by Gasteiger charge is 2.13. The maximum Gasteiger partial charge on any atom is 0.234 e. The zero-order chi connectivity index (χ0) is 11.4. The number of aromatic hydroxyl groups is 1. The standard InChI is InChI=1S/C12H14N2O2/c15-11-6-2-9(3-7-11)1-4-10-5-8-12(16)14-13-10/h1-4,6-7,10,13,15H,5,8H2,(H,14,16)/b4-1+. The van der Waals surface area contributed by atoms with E-state index >= 15 is 0 Å². The Hall–Kier alpha value is -1.81. The van der Waals surface area contributed by atoms with Gasteiger partial charge >= 0.3 is 0 Å². The van der Waals surface area contributed by atoms with Gasteiger partial charge in [0.2, 0.25) is 5.91 Å². The van der Waals surface area contributed by atoms with Gasteiger partial charge in [0, 0.05) is 12.5 Å². The van der Waals surface area contributed by atoms with Gasteiger partial charge in [0.25, 0.3) is 0 Å². The predicted molar refractivity (Wildman–Crippen MR) is 61.4 cm³/mol. The zero-order valence-electron chi connectivity index (χ0n) is 8.81. The molecule has 1 aromatic carbocycles. The number of benzene rings is 1. The van der Waals surface area contributed by atoms with Crippen LogP contribution in [0.4, 0.5) is 0 Å². The fourth-order valence-corrected chi connectivity index (χ4v) is 1.55. The largest absolute Gasteiger partial charge is 0.508 e. The van der Waals surface area contributed by atoms with Crippen LogP contribution < -0.4 is 10.9 Å². The summed E-state index contributed by atoms with van der Waals surface area (Å²) < 4.78 is 0. The van der Waals surface area contributed by atoms with Crippen molar-refractivity contribution in [3.63, 3.8) is 0 Å². The Balaban J connectivity index is 1.93. The van der Waals surface area contributed by atoms with Crippen molar-refractivity contribution in [2.75, 3.05) is 0 Å². The number of rotatable bonds is 2. The molecule has 1 aromatic rings. The summed E-state index contributed by atoms with van der Waals surface area (Å²) in [4.78, 5) is 10.9. The number of hydrazine groups is 1. The van der Waals surface area contributed by atoms with Crippen molar-refractivity contribution in [2.45, 2.75) is 18.9 Å². The molecule has 1 amide bonds. The number of hydrogen-bond donors (Lipinski definition) is 3. The molecule has 1 atom stereocenters. The fourth-order valence-electron chi connectivity index (χ4n) is 1.55. The van der Waals surface area contributed by atoms with E-state index in [1.165, 1.54) is 0 Å². The number of carbonyl (C=O) groups is 1. The van der Waals surface area contributed by atoms with Gasteiger partial charge in [-0.05, 0) is 24.1 Å². The van der Waals surface area contributed by atoms with Crippen LogP contribution in [-0.2, 0) is 4.79 Å². The second kappa shape index (κ2) is 4.81. The number of hydrogen-bond acceptors (Lipinski definition) is 3. The molecule has 1 aliphatic heterocycles. The molecule has 1 heterocycles. The van der Waals surface area contributed by atoms with Crippen molar-refractivity contribution in [3.8, 4) is 5.75 Å². The lowest BCUT2D eigenvalue weighted by Gasteiger charge is -2.20. The molecule has 1 fully saturated rings. The Bertz CT molecular complexity index is 388. The van der Waals surface area contributed by atoms with E-state index in [1.54, 1.807) is 12.1 Å². The van der Waals surface area contributed by atoms with E-state index < -0.39 is 0 Å². The maximum atomic E-state index is 10.9. The van der Waals surface area contributed by atoms with Crippen LogP contribution in [0.2, 0.25) is 0 Å². The van der Waals surface area contributed by atoms with Gasteiger partial charge in [-0.2, -0.15) is 0 Å². The van der Waals surface area contributed by atoms with Crippen LogP contribution in [0.15, 0.2) is 30.3 Å². The summed E-state index contributed by atoms with van der Waals surface area (Å²) >= 11 is 0. The second-order valence-corrected chi connectivity index (χ2v) is 3.79. The lowest BCUT2D eigenvalue weighted by atomic mass is 10.1. The topological polar surface area (TPSA) is 61.4 Å². The fraction of sp³-hybridized carbons (Fsp3) is 0.250. The summed E-state index contributed by atoms with van der Waals surface area (Å²) in [5.41, 5.74) is 6.54. The van der Waals surface area contributed by atoms with Gasteiger partial charge in [-0.15, -0.1) is 0 Å². The molecule has 3 N–H and O–H groups in total. The Morgan fingerprint density at radius 3 is 2.69 bits per heavy atom. The highest BCUT2D eigenvalue weighted by atomic mass is 16.3. The van der Waals surface area contributed by atoms with E-state index in [2.05, 4.69) is 10.9 Å². The third kappa shape index (κ3) is 2.84. The SMILES string of the molecule is O=C1CCC(/C=C/c2ccc(O)cc2)NN1. The molecule has 84 valence electrons. The first-order valence-electron chi connectivity index (χ1n) is 5.25. The van der Waals surface area contributed by atoms with Gasteiger partial charge in [0.05, 0.1) is 0 Å². The van der Waals surface area contributed by atoms with E-state index in [0.717, 1.165) is 12.0 Å². The van der Waals surface area contributed by atoms with Crippen molar-refractivity contribution < 1.29 is 9.90 Å². The van der Waals surface area contributed by atoms with Gasteiger partial charge in [0.15, 0.2) is 0 Å². The summed E-state index contributed by atoms with van der Waals surface area (Å²) in [7, 11) is 0. The monoisotopic (exact) mass is 218 g/mol.